The summed E-state index contributed by atoms with van der Waals surface area (Å²) in [5.41, 5.74) is 2.30. The van der Waals surface area contributed by atoms with Crippen molar-refractivity contribution in [1.29, 1.82) is 0 Å². The second kappa shape index (κ2) is 9.61. The van der Waals surface area contributed by atoms with Crippen LogP contribution < -0.4 is 15.4 Å². The summed E-state index contributed by atoms with van der Waals surface area (Å²) in [5, 5.41) is 7.15. The molecule has 1 aliphatic rings. The molecular weight excluding hydrogens is 322 g/mol. The Morgan fingerprint density at radius 1 is 1.29 bits per heavy atom. The van der Waals surface area contributed by atoms with Gasteiger partial charge in [-0.05, 0) is 36.8 Å². The van der Waals surface area contributed by atoms with Crippen LogP contribution in [0.3, 0.4) is 0 Å². The van der Waals surface area contributed by atoms with Crippen molar-refractivity contribution in [2.75, 3.05) is 46.5 Å². The Morgan fingerprint density at radius 2 is 1.96 bits per heavy atom. The highest BCUT2D eigenvalue weighted by Crippen LogP contribution is 2.23. The van der Waals surface area contributed by atoms with Gasteiger partial charge in [0.25, 0.3) is 0 Å². The average molecular weight is 350 g/mol. The molecule has 0 saturated carbocycles. The predicted octanol–water partition coefficient (Wildman–Crippen LogP) is 2.11. The number of morpholine rings is 1. The molecule has 0 aromatic heterocycles. The Balaban J connectivity index is 2.01. The molecule has 1 atom stereocenters. The lowest BCUT2D eigenvalue weighted by atomic mass is 10.0. The van der Waals surface area contributed by atoms with E-state index in [2.05, 4.69) is 34.2 Å². The molecule has 1 unspecified atom stereocenters. The van der Waals surface area contributed by atoms with E-state index < -0.39 is 0 Å². The molecule has 24 heavy (non-hydrogen) atoms. The van der Waals surface area contributed by atoms with Crippen LogP contribution in [0.5, 0.6) is 5.75 Å². The minimum absolute atomic E-state index is 0.240. The Morgan fingerprint density at radius 3 is 2.54 bits per heavy atom. The number of nitrogens with one attached hydrogen (secondary N) is 2. The van der Waals surface area contributed by atoms with Gasteiger partial charge in [0, 0.05) is 26.2 Å². The fraction of sp³-hybridized carbons (Fsp3) is 0.500. The van der Waals surface area contributed by atoms with Crippen molar-refractivity contribution in [1.82, 2.24) is 15.5 Å². The first-order valence-corrected chi connectivity index (χ1v) is 8.63. The molecule has 6 heteroatoms. The Kier molecular flexibility index (Phi) is 7.49. The summed E-state index contributed by atoms with van der Waals surface area (Å²) in [5.74, 6) is 0.867. The molecule has 2 rings (SSSR count). The van der Waals surface area contributed by atoms with Crippen molar-refractivity contribution in [3.05, 3.63) is 42.0 Å². The highest BCUT2D eigenvalue weighted by Gasteiger charge is 2.22. The Bertz CT molecular complexity index is 542. The number of rotatable bonds is 7. The number of hydrogen-bond acceptors (Lipinski definition) is 4. The molecule has 1 saturated heterocycles. The van der Waals surface area contributed by atoms with Crippen LogP contribution in [0.25, 0.3) is 0 Å². The van der Waals surface area contributed by atoms with Crippen molar-refractivity contribution < 1.29 is 9.47 Å². The van der Waals surface area contributed by atoms with Crippen molar-refractivity contribution in [3.63, 3.8) is 0 Å². The molecule has 5 nitrogen and oxygen atoms in total. The normalized spacial score (nSPS) is 16.2. The number of nitrogens with zero attached hydrogens (tertiary/aromatic N) is 1. The molecule has 0 spiro atoms. The summed E-state index contributed by atoms with van der Waals surface area (Å²) in [7, 11) is 1.68. The number of methoxy groups -OCH3 is 1. The van der Waals surface area contributed by atoms with Gasteiger partial charge in [-0.3, -0.25) is 4.90 Å². The second-order valence-corrected chi connectivity index (χ2v) is 6.37. The zero-order valence-electron chi connectivity index (χ0n) is 14.5. The maximum atomic E-state index is 5.48. The van der Waals surface area contributed by atoms with E-state index in [0.29, 0.717) is 11.7 Å². The molecule has 0 amide bonds. The van der Waals surface area contributed by atoms with Gasteiger partial charge < -0.3 is 20.1 Å². The van der Waals surface area contributed by atoms with Crippen molar-refractivity contribution in [2.24, 2.45) is 0 Å². The van der Waals surface area contributed by atoms with Gasteiger partial charge in [-0.2, -0.15) is 0 Å². The molecule has 0 aliphatic carbocycles. The summed E-state index contributed by atoms with van der Waals surface area (Å²) in [4.78, 5) is 2.43. The standard InChI is InChI=1S/C18H27N3O2S/c1-14(2)12-19-18(24)20-13-17(21-8-10-23-11-9-21)15-4-6-16(22-3)7-5-15/h4-7,17H,1,8-13H2,2-3H3,(H2,19,20,24). The number of benzene rings is 1. The molecule has 132 valence electrons. The quantitative estimate of drug-likeness (QED) is 0.581. The molecule has 0 radical (unpaired) electrons. The van der Waals surface area contributed by atoms with E-state index in [1.165, 1.54) is 5.56 Å². The third-order valence-electron chi connectivity index (χ3n) is 3.99. The van der Waals surface area contributed by atoms with Gasteiger partial charge in [-0.1, -0.05) is 24.3 Å². The molecule has 1 aliphatic heterocycles. The molecule has 1 aromatic carbocycles. The third-order valence-corrected chi connectivity index (χ3v) is 4.28. The number of thiocarbonyl (C=S) groups is 1. The second-order valence-electron chi connectivity index (χ2n) is 5.96. The highest BCUT2D eigenvalue weighted by atomic mass is 32.1. The molecule has 1 heterocycles. The third kappa shape index (κ3) is 5.78. The first-order chi connectivity index (χ1) is 11.6. The van der Waals surface area contributed by atoms with Crippen LogP contribution in [0.2, 0.25) is 0 Å². The van der Waals surface area contributed by atoms with E-state index in [1.807, 2.05) is 19.1 Å². The number of hydrogen-bond donors (Lipinski definition) is 2. The number of ether oxygens (including phenoxy) is 2. The van der Waals surface area contributed by atoms with Crippen LogP contribution in [0.15, 0.2) is 36.4 Å². The van der Waals surface area contributed by atoms with Crippen LogP contribution in [-0.2, 0) is 4.74 Å². The zero-order valence-corrected chi connectivity index (χ0v) is 15.3. The van der Waals surface area contributed by atoms with E-state index in [9.17, 15) is 0 Å². The molecule has 0 bridgehead atoms. The van der Waals surface area contributed by atoms with E-state index in [-0.39, 0.29) is 6.04 Å². The lowest BCUT2D eigenvalue weighted by molar-refractivity contribution is 0.0170. The smallest absolute Gasteiger partial charge is 0.166 e. The van der Waals surface area contributed by atoms with E-state index >= 15 is 0 Å². The van der Waals surface area contributed by atoms with Crippen molar-refractivity contribution in [2.45, 2.75) is 13.0 Å². The van der Waals surface area contributed by atoms with Crippen LogP contribution in [0, 0.1) is 0 Å². The Hall–Kier alpha value is -1.63. The monoisotopic (exact) mass is 349 g/mol. The first-order valence-electron chi connectivity index (χ1n) is 8.22. The van der Waals surface area contributed by atoms with Gasteiger partial charge in [0.2, 0.25) is 0 Å². The summed E-state index contributed by atoms with van der Waals surface area (Å²) in [6, 6.07) is 8.47. The molecular formula is C18H27N3O2S. The van der Waals surface area contributed by atoms with Crippen molar-refractivity contribution in [3.8, 4) is 5.75 Å². The minimum atomic E-state index is 0.240. The first kappa shape index (κ1) is 18.7. The topological polar surface area (TPSA) is 45.8 Å². The summed E-state index contributed by atoms with van der Waals surface area (Å²) < 4.78 is 10.7. The van der Waals surface area contributed by atoms with Gasteiger partial charge in [-0.25, -0.2) is 0 Å². The van der Waals surface area contributed by atoms with Crippen molar-refractivity contribution >= 4 is 17.3 Å². The Labute approximate surface area is 150 Å². The van der Waals surface area contributed by atoms with E-state index in [1.54, 1.807) is 7.11 Å². The van der Waals surface area contributed by atoms with Crippen LogP contribution in [-0.4, -0.2) is 56.5 Å². The zero-order chi connectivity index (χ0) is 17.4. The SMILES string of the molecule is C=C(C)CNC(=S)NCC(c1ccc(OC)cc1)N1CCOCC1. The maximum Gasteiger partial charge on any atom is 0.166 e. The van der Waals surface area contributed by atoms with Crippen LogP contribution in [0.1, 0.15) is 18.5 Å². The largest absolute Gasteiger partial charge is 0.497 e. The molecule has 2 N–H and O–H groups in total. The van der Waals surface area contributed by atoms with Crippen LogP contribution >= 0.6 is 12.2 Å². The fourth-order valence-electron chi connectivity index (χ4n) is 2.66. The van der Waals surface area contributed by atoms with Gasteiger partial charge in [0.1, 0.15) is 5.75 Å². The lowest BCUT2D eigenvalue weighted by Crippen LogP contribution is -2.45. The summed E-state index contributed by atoms with van der Waals surface area (Å²) >= 11 is 5.36. The molecule has 1 fully saturated rings. The molecule has 1 aromatic rings. The highest BCUT2D eigenvalue weighted by molar-refractivity contribution is 7.80. The predicted molar refractivity (Wildman–Crippen MR) is 102 cm³/mol. The van der Waals surface area contributed by atoms with E-state index in [0.717, 1.165) is 44.2 Å². The van der Waals surface area contributed by atoms with Crippen LogP contribution in [0.4, 0.5) is 0 Å². The fourth-order valence-corrected chi connectivity index (χ4v) is 2.81. The summed E-state index contributed by atoms with van der Waals surface area (Å²) in [6.45, 7) is 10.7. The van der Waals surface area contributed by atoms with Gasteiger partial charge in [-0.15, -0.1) is 0 Å². The summed E-state index contributed by atoms with van der Waals surface area (Å²) in [6.07, 6.45) is 0. The minimum Gasteiger partial charge on any atom is -0.497 e. The average Bonchev–Trinajstić information content (AvgIpc) is 2.61. The van der Waals surface area contributed by atoms with E-state index in [4.69, 9.17) is 21.7 Å². The van der Waals surface area contributed by atoms with Gasteiger partial charge in [0.05, 0.1) is 26.4 Å². The lowest BCUT2D eigenvalue weighted by Gasteiger charge is -2.35. The maximum absolute atomic E-state index is 5.48. The van der Waals surface area contributed by atoms with Gasteiger partial charge >= 0.3 is 0 Å². The van der Waals surface area contributed by atoms with Gasteiger partial charge in [0.15, 0.2) is 5.11 Å².